The maximum atomic E-state index is 16.7. The zero-order valence-corrected chi connectivity index (χ0v) is 24.5. The third-order valence-corrected chi connectivity index (χ3v) is 10.1. The number of halogens is 1. The lowest BCUT2D eigenvalue weighted by Gasteiger charge is -2.40. The molecule has 9 nitrogen and oxygen atoms in total. The van der Waals surface area contributed by atoms with Gasteiger partial charge in [0, 0.05) is 31.4 Å². The van der Waals surface area contributed by atoms with Gasteiger partial charge in [-0.2, -0.15) is 9.97 Å². The fourth-order valence-corrected chi connectivity index (χ4v) is 8.04. The van der Waals surface area contributed by atoms with Gasteiger partial charge in [-0.3, -0.25) is 9.88 Å². The number of piperidine rings is 1. The minimum absolute atomic E-state index is 0.00981. The van der Waals surface area contributed by atoms with Gasteiger partial charge in [0.25, 0.3) is 0 Å². The largest absolute Gasteiger partial charge is 0.461 e. The van der Waals surface area contributed by atoms with Gasteiger partial charge < -0.3 is 20.3 Å². The average Bonchev–Trinajstić information content (AvgIpc) is 3.70. The Hall–Kier alpha value is -4.05. The molecule has 1 spiro atoms. The molecule has 1 unspecified atom stereocenters. The van der Waals surface area contributed by atoms with Crippen LogP contribution in [0.3, 0.4) is 0 Å². The molecular weight excluding hydrogens is 545 g/mol. The standard InChI is InChI=1S/C33H36FN7O2/c1-21-7-2-8-22-9-3-10-23(25(21)22)27-26(34)28-24(17-35-27)29(40-14-4-11-32(19-40)18-36-30(42)39-32)38-31(37-28)43-20-33-12-5-15-41(33)16-6-13-33/h2-3,7-10,17H,4-6,11-16,18-20H2,1H3,(H2,36,39,42). The van der Waals surface area contributed by atoms with Gasteiger partial charge in [0.15, 0.2) is 5.82 Å². The Balaban J connectivity index is 1.25. The van der Waals surface area contributed by atoms with Gasteiger partial charge in [0.1, 0.15) is 23.6 Å². The van der Waals surface area contributed by atoms with Crippen molar-refractivity contribution in [2.24, 2.45) is 0 Å². The van der Waals surface area contributed by atoms with Gasteiger partial charge in [0.05, 0.1) is 16.5 Å². The number of urea groups is 1. The molecule has 1 atom stereocenters. The highest BCUT2D eigenvalue weighted by atomic mass is 19.1. The monoisotopic (exact) mass is 581 g/mol. The summed E-state index contributed by atoms with van der Waals surface area (Å²) >= 11 is 0. The van der Waals surface area contributed by atoms with Crippen LogP contribution in [0.15, 0.2) is 42.6 Å². The van der Waals surface area contributed by atoms with Crippen LogP contribution in [0.4, 0.5) is 15.0 Å². The molecule has 2 amide bonds. The van der Waals surface area contributed by atoms with E-state index in [2.05, 4.69) is 20.4 Å². The number of nitrogens with one attached hydrogen (secondary N) is 2. The fraction of sp³-hybridized carbons (Fsp3) is 0.455. The van der Waals surface area contributed by atoms with Crippen molar-refractivity contribution in [1.82, 2.24) is 30.5 Å². The van der Waals surface area contributed by atoms with E-state index in [1.54, 1.807) is 6.20 Å². The summed E-state index contributed by atoms with van der Waals surface area (Å²) in [6.07, 6.45) is 7.95. The highest BCUT2D eigenvalue weighted by molar-refractivity contribution is 6.00. The summed E-state index contributed by atoms with van der Waals surface area (Å²) in [4.78, 5) is 31.1. The molecule has 4 aliphatic heterocycles. The number of nitrogens with zero attached hydrogens (tertiary/aromatic N) is 5. The first kappa shape index (κ1) is 26.6. The summed E-state index contributed by atoms with van der Waals surface area (Å²) in [6, 6.07) is 12.0. The molecule has 8 rings (SSSR count). The quantitative estimate of drug-likeness (QED) is 0.344. The van der Waals surface area contributed by atoms with Crippen molar-refractivity contribution in [3.8, 4) is 17.3 Å². The summed E-state index contributed by atoms with van der Waals surface area (Å²) < 4.78 is 23.1. The molecule has 4 aliphatic rings. The number of hydrogen-bond acceptors (Lipinski definition) is 7. The maximum Gasteiger partial charge on any atom is 0.319 e. The summed E-state index contributed by atoms with van der Waals surface area (Å²) in [5.41, 5.74) is 1.88. The van der Waals surface area contributed by atoms with Crippen LogP contribution in [0, 0.1) is 12.7 Å². The van der Waals surface area contributed by atoms with E-state index in [1.165, 1.54) is 0 Å². The number of carbonyl (C=O) groups is 1. The highest BCUT2D eigenvalue weighted by Crippen LogP contribution is 2.40. The predicted octanol–water partition coefficient (Wildman–Crippen LogP) is 4.95. The molecule has 2 aromatic heterocycles. The van der Waals surface area contributed by atoms with Crippen LogP contribution in [0.1, 0.15) is 44.1 Å². The molecule has 10 heteroatoms. The van der Waals surface area contributed by atoms with Gasteiger partial charge in [-0.05, 0) is 74.9 Å². The first-order valence-corrected chi connectivity index (χ1v) is 15.5. The number of aromatic nitrogens is 3. The number of ether oxygens (including phenoxy) is 1. The Kier molecular flexibility index (Phi) is 6.18. The van der Waals surface area contributed by atoms with Crippen LogP contribution >= 0.6 is 0 Å². The van der Waals surface area contributed by atoms with E-state index in [1.807, 2.05) is 43.3 Å². The first-order valence-electron chi connectivity index (χ1n) is 15.5. The van der Waals surface area contributed by atoms with Crippen molar-refractivity contribution in [3.05, 3.63) is 54.0 Å². The normalized spacial score (nSPS) is 23.2. The molecule has 6 heterocycles. The number of carbonyl (C=O) groups excluding carboxylic acids is 1. The molecule has 0 aliphatic carbocycles. The Labute approximate surface area is 249 Å². The van der Waals surface area contributed by atoms with Crippen molar-refractivity contribution in [3.63, 3.8) is 0 Å². The second-order valence-corrected chi connectivity index (χ2v) is 12.8. The van der Waals surface area contributed by atoms with Crippen molar-refractivity contribution < 1.29 is 13.9 Å². The van der Waals surface area contributed by atoms with E-state index < -0.39 is 11.4 Å². The number of rotatable bonds is 5. The smallest absolute Gasteiger partial charge is 0.319 e. The molecular formula is C33H36FN7O2. The van der Waals surface area contributed by atoms with E-state index >= 15 is 4.39 Å². The van der Waals surface area contributed by atoms with E-state index in [-0.39, 0.29) is 28.8 Å². The molecule has 2 aromatic carbocycles. The van der Waals surface area contributed by atoms with Crippen LogP contribution in [-0.4, -0.2) is 76.3 Å². The molecule has 4 fully saturated rings. The maximum absolute atomic E-state index is 16.7. The van der Waals surface area contributed by atoms with Crippen molar-refractivity contribution in [1.29, 1.82) is 0 Å². The lowest BCUT2D eigenvalue weighted by atomic mass is 9.90. The van der Waals surface area contributed by atoms with Crippen LogP contribution in [0.5, 0.6) is 6.01 Å². The second kappa shape index (κ2) is 10.0. The number of hydrogen-bond donors (Lipinski definition) is 2. The zero-order valence-electron chi connectivity index (χ0n) is 24.5. The molecule has 0 saturated carbocycles. The highest BCUT2D eigenvalue weighted by Gasteiger charge is 2.45. The van der Waals surface area contributed by atoms with Crippen molar-refractivity contribution in [2.45, 2.75) is 56.5 Å². The zero-order chi connectivity index (χ0) is 29.2. The third kappa shape index (κ3) is 4.37. The minimum Gasteiger partial charge on any atom is -0.461 e. The first-order chi connectivity index (χ1) is 20.9. The SMILES string of the molecule is Cc1cccc2cccc(-c3ncc4c(N5CCCC6(CNC(=O)N6)C5)nc(OCC56CCCN5CCC6)nc4c3F)c12. The van der Waals surface area contributed by atoms with E-state index in [9.17, 15) is 4.79 Å². The van der Waals surface area contributed by atoms with Gasteiger partial charge in [-0.1, -0.05) is 36.4 Å². The minimum atomic E-state index is -0.481. The van der Waals surface area contributed by atoms with Crippen molar-refractivity contribution in [2.75, 3.05) is 44.2 Å². The molecule has 4 saturated heterocycles. The summed E-state index contributed by atoms with van der Waals surface area (Å²) in [7, 11) is 0. The summed E-state index contributed by atoms with van der Waals surface area (Å²) in [5, 5.41) is 8.59. The lowest BCUT2D eigenvalue weighted by molar-refractivity contribution is 0.108. The number of fused-ring (bicyclic) bond motifs is 3. The summed E-state index contributed by atoms with van der Waals surface area (Å²) in [6.45, 7) is 6.55. The molecule has 43 heavy (non-hydrogen) atoms. The molecule has 0 bridgehead atoms. The Bertz CT molecular complexity index is 1750. The Morgan fingerprint density at radius 2 is 1.81 bits per heavy atom. The van der Waals surface area contributed by atoms with Crippen LogP contribution in [0.2, 0.25) is 0 Å². The molecule has 222 valence electrons. The van der Waals surface area contributed by atoms with Crippen LogP contribution in [-0.2, 0) is 0 Å². The Morgan fingerprint density at radius 3 is 2.60 bits per heavy atom. The van der Waals surface area contributed by atoms with E-state index in [0.29, 0.717) is 30.9 Å². The average molecular weight is 582 g/mol. The van der Waals surface area contributed by atoms with E-state index in [0.717, 1.165) is 80.1 Å². The topological polar surface area (TPSA) is 95.5 Å². The van der Waals surface area contributed by atoms with E-state index in [4.69, 9.17) is 19.7 Å². The van der Waals surface area contributed by atoms with Crippen LogP contribution < -0.4 is 20.3 Å². The third-order valence-electron chi connectivity index (χ3n) is 10.1. The summed E-state index contributed by atoms with van der Waals surface area (Å²) in [5.74, 6) is 0.116. The van der Waals surface area contributed by atoms with Crippen molar-refractivity contribution >= 4 is 33.5 Å². The number of benzene rings is 2. The number of amides is 2. The Morgan fingerprint density at radius 1 is 1.02 bits per heavy atom. The molecule has 2 N–H and O–H groups in total. The lowest BCUT2D eigenvalue weighted by Crippen LogP contribution is -2.56. The van der Waals surface area contributed by atoms with Crippen LogP contribution in [0.25, 0.3) is 32.9 Å². The molecule has 0 radical (unpaired) electrons. The number of pyridine rings is 1. The second-order valence-electron chi connectivity index (χ2n) is 12.8. The fourth-order valence-electron chi connectivity index (χ4n) is 8.04. The van der Waals surface area contributed by atoms with Gasteiger partial charge in [-0.15, -0.1) is 0 Å². The number of anilines is 1. The number of aryl methyl sites for hydroxylation is 1. The van der Waals surface area contributed by atoms with Gasteiger partial charge in [0.2, 0.25) is 0 Å². The van der Waals surface area contributed by atoms with Gasteiger partial charge >= 0.3 is 12.0 Å². The predicted molar refractivity (Wildman–Crippen MR) is 164 cm³/mol. The molecule has 4 aromatic rings. The van der Waals surface area contributed by atoms with Gasteiger partial charge in [-0.25, -0.2) is 9.18 Å².